The molecule has 2 N–H and O–H groups in total. The lowest BCUT2D eigenvalue weighted by Crippen LogP contribution is -2.31. The molecule has 0 saturated heterocycles. The number of nitrogens with zero attached hydrogens (tertiary/aromatic N) is 1. The first-order valence-electron chi connectivity index (χ1n) is 3.21. The third-order valence-electron chi connectivity index (χ3n) is 1.36. The summed E-state index contributed by atoms with van der Waals surface area (Å²) in [6.45, 7) is 0. The van der Waals surface area contributed by atoms with E-state index in [0.717, 1.165) is 0 Å². The number of methoxy groups -OCH3 is 1. The molecular formula is C6H7BBrNO3. The summed E-state index contributed by atoms with van der Waals surface area (Å²) in [5.41, 5.74) is 0.335. The van der Waals surface area contributed by atoms with Crippen LogP contribution in [0, 0.1) is 0 Å². The minimum absolute atomic E-state index is 0.334. The molecule has 0 bridgehead atoms. The van der Waals surface area contributed by atoms with Gasteiger partial charge in [0.15, 0.2) is 0 Å². The van der Waals surface area contributed by atoms with E-state index in [0.29, 0.717) is 15.8 Å². The molecule has 0 saturated carbocycles. The van der Waals surface area contributed by atoms with Crippen LogP contribution >= 0.6 is 15.9 Å². The van der Waals surface area contributed by atoms with Crippen molar-refractivity contribution in [2.45, 2.75) is 0 Å². The SMILES string of the molecule is COc1nccc(B(O)O)c1Br. The second-order valence-electron chi connectivity index (χ2n) is 2.10. The van der Waals surface area contributed by atoms with Gasteiger partial charge in [0, 0.05) is 11.7 Å². The fourth-order valence-electron chi connectivity index (χ4n) is 0.780. The maximum atomic E-state index is 8.87. The molecule has 4 nitrogen and oxygen atoms in total. The number of ether oxygens (including phenoxy) is 1. The summed E-state index contributed by atoms with van der Waals surface area (Å²) in [7, 11) is -0.0584. The molecule has 0 spiro atoms. The molecule has 12 heavy (non-hydrogen) atoms. The summed E-state index contributed by atoms with van der Waals surface area (Å²) in [6.07, 6.45) is 1.44. The lowest BCUT2D eigenvalue weighted by molar-refractivity contribution is 0.393. The van der Waals surface area contributed by atoms with Gasteiger partial charge in [-0.3, -0.25) is 0 Å². The highest BCUT2D eigenvalue weighted by Gasteiger charge is 2.17. The van der Waals surface area contributed by atoms with Crippen LogP contribution in [0.15, 0.2) is 16.7 Å². The number of rotatable bonds is 2. The summed E-state index contributed by atoms with van der Waals surface area (Å²) in [6, 6.07) is 1.50. The third-order valence-corrected chi connectivity index (χ3v) is 2.16. The molecule has 0 aliphatic heterocycles. The lowest BCUT2D eigenvalue weighted by Gasteiger charge is -2.05. The zero-order valence-electron chi connectivity index (χ0n) is 6.36. The first-order chi connectivity index (χ1) is 5.66. The fraction of sp³-hybridized carbons (Fsp3) is 0.167. The van der Waals surface area contributed by atoms with Crippen molar-refractivity contribution in [1.82, 2.24) is 4.98 Å². The molecule has 64 valence electrons. The lowest BCUT2D eigenvalue weighted by atomic mass is 9.81. The summed E-state index contributed by atoms with van der Waals surface area (Å²) in [5.74, 6) is 0.334. The molecule has 0 amide bonds. The maximum absolute atomic E-state index is 8.87. The van der Waals surface area contributed by atoms with E-state index in [1.807, 2.05) is 0 Å². The number of halogens is 1. The molecule has 6 heteroatoms. The molecule has 1 aromatic heterocycles. The maximum Gasteiger partial charge on any atom is 0.489 e. The van der Waals surface area contributed by atoms with Crippen molar-refractivity contribution in [2.75, 3.05) is 7.11 Å². The van der Waals surface area contributed by atoms with E-state index in [1.54, 1.807) is 0 Å². The van der Waals surface area contributed by atoms with E-state index >= 15 is 0 Å². The molecule has 0 radical (unpaired) electrons. The van der Waals surface area contributed by atoms with Gasteiger partial charge < -0.3 is 14.8 Å². The van der Waals surface area contributed by atoms with Crippen LogP contribution in [0.2, 0.25) is 0 Å². The van der Waals surface area contributed by atoms with Gasteiger partial charge in [-0.15, -0.1) is 0 Å². The molecule has 1 heterocycles. The van der Waals surface area contributed by atoms with Gasteiger partial charge in [0.25, 0.3) is 0 Å². The highest BCUT2D eigenvalue weighted by Crippen LogP contribution is 2.18. The van der Waals surface area contributed by atoms with Crippen LogP contribution in [-0.2, 0) is 0 Å². The van der Waals surface area contributed by atoms with E-state index in [9.17, 15) is 0 Å². The predicted molar refractivity (Wildman–Crippen MR) is 48.3 cm³/mol. The first kappa shape index (κ1) is 9.50. The summed E-state index contributed by atoms with van der Waals surface area (Å²) >= 11 is 3.13. The second-order valence-corrected chi connectivity index (χ2v) is 2.89. The van der Waals surface area contributed by atoms with E-state index < -0.39 is 7.12 Å². The quantitative estimate of drug-likeness (QED) is 0.676. The second kappa shape index (κ2) is 3.89. The minimum atomic E-state index is -1.52. The van der Waals surface area contributed by atoms with Crippen molar-refractivity contribution in [3.63, 3.8) is 0 Å². The van der Waals surface area contributed by atoms with Gasteiger partial charge in [0.2, 0.25) is 5.88 Å². The molecular weight excluding hydrogens is 225 g/mol. The van der Waals surface area contributed by atoms with Crippen LogP contribution in [-0.4, -0.2) is 29.3 Å². The van der Waals surface area contributed by atoms with E-state index in [1.165, 1.54) is 19.4 Å². The first-order valence-corrected chi connectivity index (χ1v) is 4.00. The number of pyridine rings is 1. The molecule has 0 fully saturated rings. The summed E-state index contributed by atoms with van der Waals surface area (Å²) < 4.78 is 5.32. The Morgan fingerprint density at radius 2 is 2.25 bits per heavy atom. The Labute approximate surface area is 78.5 Å². The van der Waals surface area contributed by atoms with Gasteiger partial charge in [-0.25, -0.2) is 4.98 Å². The average Bonchev–Trinajstić information content (AvgIpc) is 2.04. The van der Waals surface area contributed by atoms with Crippen LogP contribution in [0.3, 0.4) is 0 Å². The Hall–Kier alpha value is -0.585. The monoisotopic (exact) mass is 231 g/mol. The Bertz CT molecular complexity index is 281. The Morgan fingerprint density at radius 3 is 2.75 bits per heavy atom. The van der Waals surface area contributed by atoms with Crippen molar-refractivity contribution in [3.8, 4) is 5.88 Å². The van der Waals surface area contributed by atoms with E-state index in [2.05, 4.69) is 20.9 Å². The van der Waals surface area contributed by atoms with Gasteiger partial charge >= 0.3 is 7.12 Å². The van der Waals surface area contributed by atoms with Crippen LogP contribution in [0.5, 0.6) is 5.88 Å². The molecule has 0 aliphatic carbocycles. The summed E-state index contributed by atoms with van der Waals surface area (Å²) in [4.78, 5) is 3.85. The van der Waals surface area contributed by atoms with E-state index in [-0.39, 0.29) is 0 Å². The van der Waals surface area contributed by atoms with Crippen LogP contribution in [0.25, 0.3) is 0 Å². The number of hydrogen-bond donors (Lipinski definition) is 2. The Morgan fingerprint density at radius 1 is 1.58 bits per heavy atom. The normalized spacial score (nSPS) is 9.67. The highest BCUT2D eigenvalue weighted by atomic mass is 79.9. The smallest absolute Gasteiger partial charge is 0.480 e. The van der Waals surface area contributed by atoms with Gasteiger partial charge in [-0.05, 0) is 22.0 Å². The van der Waals surface area contributed by atoms with Crippen LogP contribution in [0.4, 0.5) is 0 Å². The largest absolute Gasteiger partial charge is 0.489 e. The Kier molecular flexibility index (Phi) is 3.08. The molecule has 0 aliphatic rings. The molecule has 1 aromatic rings. The summed E-state index contributed by atoms with van der Waals surface area (Å²) in [5, 5.41) is 17.7. The van der Waals surface area contributed by atoms with Crippen LogP contribution < -0.4 is 10.2 Å². The molecule has 0 unspecified atom stereocenters. The molecule has 0 atom stereocenters. The van der Waals surface area contributed by atoms with Crippen molar-refractivity contribution in [3.05, 3.63) is 16.7 Å². The Balaban J connectivity index is 3.14. The zero-order valence-corrected chi connectivity index (χ0v) is 7.95. The van der Waals surface area contributed by atoms with Crippen molar-refractivity contribution < 1.29 is 14.8 Å². The third kappa shape index (κ3) is 1.77. The molecule has 0 aromatic carbocycles. The van der Waals surface area contributed by atoms with Gasteiger partial charge in [0.1, 0.15) is 0 Å². The topological polar surface area (TPSA) is 62.6 Å². The van der Waals surface area contributed by atoms with Gasteiger partial charge in [0.05, 0.1) is 11.6 Å². The van der Waals surface area contributed by atoms with Gasteiger partial charge in [-0.2, -0.15) is 0 Å². The fourth-order valence-corrected chi connectivity index (χ4v) is 1.38. The minimum Gasteiger partial charge on any atom is -0.480 e. The zero-order chi connectivity index (χ0) is 9.14. The number of hydrogen-bond acceptors (Lipinski definition) is 4. The van der Waals surface area contributed by atoms with E-state index in [4.69, 9.17) is 14.8 Å². The van der Waals surface area contributed by atoms with Crippen LogP contribution in [0.1, 0.15) is 0 Å². The van der Waals surface area contributed by atoms with Crippen molar-refractivity contribution >= 4 is 28.5 Å². The number of aromatic nitrogens is 1. The molecule has 1 rings (SSSR count). The average molecular weight is 232 g/mol. The van der Waals surface area contributed by atoms with Crippen molar-refractivity contribution in [1.29, 1.82) is 0 Å². The van der Waals surface area contributed by atoms with Gasteiger partial charge in [-0.1, -0.05) is 0 Å². The van der Waals surface area contributed by atoms with Crippen molar-refractivity contribution in [2.24, 2.45) is 0 Å². The highest BCUT2D eigenvalue weighted by molar-refractivity contribution is 9.10. The predicted octanol–water partition coefficient (Wildman–Crippen LogP) is -0.468. The standard InChI is InChI=1S/C6H7BBrNO3/c1-12-6-5(8)4(7(10)11)2-3-9-6/h2-3,10-11H,1H3.